The first-order valence-corrected chi connectivity index (χ1v) is 5.03. The van der Waals surface area contributed by atoms with E-state index in [-0.39, 0.29) is 10.7 Å². The second kappa shape index (κ2) is 3.95. The maximum Gasteiger partial charge on any atom is 0.239 e. The van der Waals surface area contributed by atoms with Gasteiger partial charge in [0.2, 0.25) is 11.0 Å². The molecule has 0 aromatic carbocycles. The van der Waals surface area contributed by atoms with Crippen molar-refractivity contribution in [2.24, 2.45) is 0 Å². The first-order valence-electron chi connectivity index (χ1n) is 3.35. The molecule has 1 amide bonds. The highest BCUT2D eigenvalue weighted by Gasteiger charge is 2.10. The van der Waals surface area contributed by atoms with E-state index in [0.717, 1.165) is 0 Å². The van der Waals surface area contributed by atoms with Crippen molar-refractivity contribution in [1.29, 1.82) is 0 Å². The highest BCUT2D eigenvalue weighted by Crippen LogP contribution is 2.11. The normalized spacial score (nSPS) is 12.6. The maximum atomic E-state index is 11.1. The molecule has 0 saturated heterocycles. The van der Waals surface area contributed by atoms with Crippen LogP contribution >= 0.6 is 27.5 Å². The van der Waals surface area contributed by atoms with Gasteiger partial charge in [0.1, 0.15) is 5.82 Å². The summed E-state index contributed by atoms with van der Waals surface area (Å²) in [6.07, 6.45) is 0. The Morgan fingerprint density at radius 1 is 1.75 bits per heavy atom. The van der Waals surface area contributed by atoms with Gasteiger partial charge in [-0.2, -0.15) is 4.37 Å². The van der Waals surface area contributed by atoms with Gasteiger partial charge in [0.15, 0.2) is 0 Å². The summed E-state index contributed by atoms with van der Waals surface area (Å²) >= 11 is 4.33. The summed E-state index contributed by atoms with van der Waals surface area (Å²) in [6, 6.07) is 0. The van der Waals surface area contributed by atoms with Crippen molar-refractivity contribution in [3.63, 3.8) is 0 Å². The van der Waals surface area contributed by atoms with Crippen LogP contribution in [0.5, 0.6) is 0 Å². The van der Waals surface area contributed by atoms with E-state index in [1.807, 2.05) is 0 Å². The average molecular weight is 250 g/mol. The third-order valence-electron chi connectivity index (χ3n) is 1.12. The van der Waals surface area contributed by atoms with Gasteiger partial charge in [-0.15, -0.1) is 0 Å². The number of nitrogens with one attached hydrogen (secondary N) is 1. The molecule has 0 aliphatic carbocycles. The zero-order valence-electron chi connectivity index (χ0n) is 6.67. The Morgan fingerprint density at radius 2 is 2.42 bits per heavy atom. The van der Waals surface area contributed by atoms with Crippen molar-refractivity contribution < 1.29 is 4.79 Å². The Balaban J connectivity index is 2.58. The summed E-state index contributed by atoms with van der Waals surface area (Å²) in [5.41, 5.74) is 0. The summed E-state index contributed by atoms with van der Waals surface area (Å²) in [5, 5.41) is 3.17. The topological polar surface area (TPSA) is 54.9 Å². The number of hydrogen-bond donors (Lipinski definition) is 1. The second-order valence-electron chi connectivity index (χ2n) is 2.25. The standard InChI is InChI=1S/C6H8BrN3OS/c1-3(7)5(11)9-6-8-4(2)10-12-6/h3H,1-2H3,(H,8,9,10,11). The first-order chi connectivity index (χ1) is 5.59. The summed E-state index contributed by atoms with van der Waals surface area (Å²) in [6.45, 7) is 3.53. The van der Waals surface area contributed by atoms with E-state index >= 15 is 0 Å². The van der Waals surface area contributed by atoms with E-state index in [4.69, 9.17) is 0 Å². The quantitative estimate of drug-likeness (QED) is 0.810. The lowest BCUT2D eigenvalue weighted by molar-refractivity contribution is -0.115. The molecule has 0 spiro atoms. The Morgan fingerprint density at radius 3 is 2.83 bits per heavy atom. The van der Waals surface area contributed by atoms with Gasteiger partial charge in [0.05, 0.1) is 4.83 Å². The van der Waals surface area contributed by atoms with Crippen LogP contribution in [0.3, 0.4) is 0 Å². The number of nitrogens with zero attached hydrogens (tertiary/aromatic N) is 2. The molecule has 1 heterocycles. The van der Waals surface area contributed by atoms with Gasteiger partial charge in [-0.25, -0.2) is 4.98 Å². The van der Waals surface area contributed by atoms with Gasteiger partial charge in [0.25, 0.3) is 0 Å². The first kappa shape index (κ1) is 9.60. The fraction of sp³-hybridized carbons (Fsp3) is 0.500. The summed E-state index contributed by atoms with van der Waals surface area (Å²) < 4.78 is 3.93. The lowest BCUT2D eigenvalue weighted by Gasteiger charge is -2.00. The van der Waals surface area contributed by atoms with Gasteiger partial charge in [-0.05, 0) is 13.8 Å². The zero-order valence-corrected chi connectivity index (χ0v) is 9.07. The third-order valence-corrected chi connectivity index (χ3v) is 2.26. The number of aromatic nitrogens is 2. The smallest absolute Gasteiger partial charge is 0.239 e. The molecule has 1 aromatic heterocycles. The maximum absolute atomic E-state index is 11.1. The number of alkyl halides is 1. The molecule has 0 radical (unpaired) electrons. The molecule has 6 heteroatoms. The Kier molecular flexibility index (Phi) is 3.16. The van der Waals surface area contributed by atoms with E-state index in [9.17, 15) is 4.79 Å². The van der Waals surface area contributed by atoms with E-state index in [1.165, 1.54) is 11.5 Å². The van der Waals surface area contributed by atoms with E-state index in [1.54, 1.807) is 13.8 Å². The third kappa shape index (κ3) is 2.53. The molecule has 1 N–H and O–H groups in total. The van der Waals surface area contributed by atoms with Crippen molar-refractivity contribution >= 4 is 38.5 Å². The number of hydrogen-bond acceptors (Lipinski definition) is 4. The van der Waals surface area contributed by atoms with Crippen molar-refractivity contribution in [1.82, 2.24) is 9.36 Å². The second-order valence-corrected chi connectivity index (χ2v) is 4.38. The molecule has 0 saturated carbocycles. The zero-order chi connectivity index (χ0) is 9.14. The predicted octanol–water partition coefficient (Wildman–Crippen LogP) is 1.57. The highest BCUT2D eigenvalue weighted by molar-refractivity contribution is 9.10. The van der Waals surface area contributed by atoms with Gasteiger partial charge < -0.3 is 0 Å². The minimum absolute atomic E-state index is 0.105. The number of carbonyl (C=O) groups excluding carboxylic acids is 1. The Labute approximate surface area is 82.7 Å². The molecule has 0 aliphatic heterocycles. The molecule has 0 fully saturated rings. The highest BCUT2D eigenvalue weighted by atomic mass is 79.9. The SMILES string of the molecule is Cc1nsc(NC(=O)C(C)Br)n1. The van der Waals surface area contributed by atoms with Crippen LogP contribution in [0, 0.1) is 6.92 Å². The molecule has 1 unspecified atom stereocenters. The summed E-state index contributed by atoms with van der Waals surface area (Å²) in [5.74, 6) is 0.573. The number of aryl methyl sites for hydroxylation is 1. The Hall–Kier alpha value is -0.490. The lowest BCUT2D eigenvalue weighted by Crippen LogP contribution is -2.19. The number of amides is 1. The minimum Gasteiger partial charge on any atom is -0.300 e. The van der Waals surface area contributed by atoms with Crippen LogP contribution < -0.4 is 5.32 Å². The molecule has 0 aliphatic rings. The largest absolute Gasteiger partial charge is 0.300 e. The van der Waals surface area contributed by atoms with Crippen molar-refractivity contribution in [3.05, 3.63) is 5.82 Å². The lowest BCUT2D eigenvalue weighted by atomic mass is 10.5. The fourth-order valence-electron chi connectivity index (χ4n) is 0.553. The molecule has 1 atom stereocenters. The molecule has 12 heavy (non-hydrogen) atoms. The number of halogens is 1. The van der Waals surface area contributed by atoms with E-state index in [0.29, 0.717) is 11.0 Å². The number of rotatable bonds is 2. The molecule has 66 valence electrons. The fourth-order valence-corrected chi connectivity index (χ4v) is 1.25. The average Bonchev–Trinajstić information content (AvgIpc) is 2.35. The predicted molar refractivity (Wildman–Crippen MR) is 51.7 cm³/mol. The van der Waals surface area contributed by atoms with Gasteiger partial charge in [-0.3, -0.25) is 10.1 Å². The number of carbonyl (C=O) groups is 1. The van der Waals surface area contributed by atoms with Crippen molar-refractivity contribution in [2.75, 3.05) is 5.32 Å². The molecule has 4 nitrogen and oxygen atoms in total. The van der Waals surface area contributed by atoms with Crippen LogP contribution in [0.2, 0.25) is 0 Å². The van der Waals surface area contributed by atoms with E-state index < -0.39 is 0 Å². The van der Waals surface area contributed by atoms with E-state index in [2.05, 4.69) is 30.6 Å². The van der Waals surface area contributed by atoms with Crippen molar-refractivity contribution in [3.8, 4) is 0 Å². The van der Waals surface area contributed by atoms with Gasteiger partial charge >= 0.3 is 0 Å². The molecular formula is C6H8BrN3OS. The van der Waals surface area contributed by atoms with Crippen LogP contribution in [-0.4, -0.2) is 20.1 Å². The molecular weight excluding hydrogens is 242 g/mol. The van der Waals surface area contributed by atoms with Crippen LogP contribution in [0.25, 0.3) is 0 Å². The van der Waals surface area contributed by atoms with Crippen molar-refractivity contribution in [2.45, 2.75) is 18.7 Å². The Bertz CT molecular complexity index is 286. The summed E-state index contributed by atoms with van der Waals surface area (Å²) in [4.78, 5) is 14.9. The van der Waals surface area contributed by atoms with Crippen LogP contribution in [0.1, 0.15) is 12.7 Å². The van der Waals surface area contributed by atoms with Crippen LogP contribution in [-0.2, 0) is 4.79 Å². The van der Waals surface area contributed by atoms with Crippen LogP contribution in [0.15, 0.2) is 0 Å². The number of anilines is 1. The monoisotopic (exact) mass is 249 g/mol. The summed E-state index contributed by atoms with van der Waals surface area (Å²) in [7, 11) is 0. The molecule has 0 bridgehead atoms. The van der Waals surface area contributed by atoms with Gasteiger partial charge in [0, 0.05) is 11.5 Å². The molecule has 1 aromatic rings. The molecule has 1 rings (SSSR count). The minimum atomic E-state index is -0.207. The van der Waals surface area contributed by atoms with Crippen LogP contribution in [0.4, 0.5) is 5.13 Å². The van der Waals surface area contributed by atoms with Gasteiger partial charge in [-0.1, -0.05) is 15.9 Å².